The third-order valence-corrected chi connectivity index (χ3v) is 2.31. The molecule has 0 fully saturated rings. The molecule has 1 aromatic carbocycles. The van der Waals surface area contributed by atoms with Crippen molar-refractivity contribution in [3.8, 4) is 0 Å². The summed E-state index contributed by atoms with van der Waals surface area (Å²) in [4.78, 5) is 2.19. The quantitative estimate of drug-likeness (QED) is 0.652. The molecule has 0 N–H and O–H groups in total. The van der Waals surface area contributed by atoms with Crippen LogP contribution in [0.4, 0.5) is 5.69 Å². The lowest BCUT2D eigenvalue weighted by molar-refractivity contribution is 0.959. The molecule has 0 spiro atoms. The summed E-state index contributed by atoms with van der Waals surface area (Å²) >= 11 is 5.81. The topological polar surface area (TPSA) is 3.24 Å². The van der Waals surface area contributed by atoms with Gasteiger partial charge in [-0.2, -0.15) is 0 Å². The van der Waals surface area contributed by atoms with Gasteiger partial charge in [0.1, 0.15) is 0 Å². The van der Waals surface area contributed by atoms with E-state index >= 15 is 0 Å². The zero-order chi connectivity index (χ0) is 8.97. The van der Waals surface area contributed by atoms with Gasteiger partial charge in [0.25, 0.3) is 0 Å². The average Bonchev–Trinajstić information content (AvgIpc) is 2.16. The Morgan fingerprint density at radius 2 is 2.00 bits per heavy atom. The summed E-state index contributed by atoms with van der Waals surface area (Å²) in [5.41, 5.74) is 2.43. The normalized spacial score (nSPS) is 9.92. The Kier molecular flexibility index (Phi) is 3.42. The summed E-state index contributed by atoms with van der Waals surface area (Å²) in [5, 5.41) is 0. The second-order valence-corrected chi connectivity index (χ2v) is 3.04. The van der Waals surface area contributed by atoms with Crippen molar-refractivity contribution in [1.82, 2.24) is 0 Å². The molecule has 0 radical (unpaired) electrons. The van der Waals surface area contributed by atoms with Crippen LogP contribution in [-0.2, 0) is 5.88 Å². The van der Waals surface area contributed by atoms with Crippen LogP contribution < -0.4 is 4.90 Å². The van der Waals surface area contributed by atoms with E-state index in [4.69, 9.17) is 11.6 Å². The van der Waals surface area contributed by atoms with Crippen LogP contribution in [0.25, 0.3) is 0 Å². The lowest BCUT2D eigenvalue weighted by Gasteiger charge is -2.19. The first-order chi connectivity index (χ1) is 5.79. The molecule has 0 saturated carbocycles. The van der Waals surface area contributed by atoms with E-state index in [9.17, 15) is 0 Å². The highest BCUT2D eigenvalue weighted by Gasteiger charge is 2.02. The lowest BCUT2D eigenvalue weighted by Crippen LogP contribution is -2.17. The molecule has 0 aliphatic heterocycles. The van der Waals surface area contributed by atoms with Crippen LogP contribution in [0.3, 0.4) is 0 Å². The molecule has 2 heteroatoms. The molecule has 0 atom stereocenters. The van der Waals surface area contributed by atoms with Crippen molar-refractivity contribution in [1.29, 1.82) is 0 Å². The largest absolute Gasteiger partial charge is 0.375 e. The van der Waals surface area contributed by atoms with Gasteiger partial charge in [-0.3, -0.25) is 0 Å². The lowest BCUT2D eigenvalue weighted by atomic mass is 10.2. The summed E-state index contributed by atoms with van der Waals surface area (Å²) in [6.45, 7) is 3.14. The van der Waals surface area contributed by atoms with Crippen molar-refractivity contribution in [2.75, 3.05) is 18.5 Å². The van der Waals surface area contributed by atoms with Gasteiger partial charge >= 0.3 is 0 Å². The fourth-order valence-corrected chi connectivity index (χ4v) is 1.39. The first kappa shape index (κ1) is 9.40. The van der Waals surface area contributed by atoms with Crippen molar-refractivity contribution >= 4 is 17.3 Å². The molecule has 1 rings (SSSR count). The molecule has 0 heterocycles. The second-order valence-electron chi connectivity index (χ2n) is 2.78. The molecule has 0 amide bonds. The van der Waals surface area contributed by atoms with E-state index in [1.54, 1.807) is 0 Å². The molecule has 0 unspecified atom stereocenters. The fraction of sp³-hybridized carbons (Fsp3) is 0.400. The second kappa shape index (κ2) is 4.36. The Bertz CT molecular complexity index is 247. The highest BCUT2D eigenvalue weighted by molar-refractivity contribution is 6.17. The summed E-state index contributed by atoms with van der Waals surface area (Å²) in [7, 11) is 2.07. The first-order valence-electron chi connectivity index (χ1n) is 4.14. The number of hydrogen-bond donors (Lipinski definition) is 0. The van der Waals surface area contributed by atoms with E-state index < -0.39 is 0 Å². The van der Waals surface area contributed by atoms with E-state index in [-0.39, 0.29) is 0 Å². The highest BCUT2D eigenvalue weighted by Crippen LogP contribution is 2.20. The minimum absolute atomic E-state index is 0.584. The number of hydrogen-bond acceptors (Lipinski definition) is 1. The number of halogens is 1. The van der Waals surface area contributed by atoms with E-state index in [0.717, 1.165) is 6.54 Å². The number of para-hydroxylation sites is 1. The zero-order valence-corrected chi connectivity index (χ0v) is 8.30. The third-order valence-electron chi connectivity index (χ3n) is 2.02. The van der Waals surface area contributed by atoms with Crippen LogP contribution in [0.2, 0.25) is 0 Å². The van der Waals surface area contributed by atoms with Crippen molar-refractivity contribution < 1.29 is 0 Å². The molecule has 0 aromatic heterocycles. The van der Waals surface area contributed by atoms with E-state index in [1.165, 1.54) is 11.3 Å². The van der Waals surface area contributed by atoms with Crippen molar-refractivity contribution in [2.45, 2.75) is 12.8 Å². The van der Waals surface area contributed by atoms with E-state index in [1.807, 2.05) is 12.1 Å². The molecule has 1 aromatic rings. The summed E-state index contributed by atoms with van der Waals surface area (Å²) in [6.07, 6.45) is 0. The van der Waals surface area contributed by atoms with Gasteiger partial charge in [-0.05, 0) is 18.6 Å². The molecule has 0 saturated heterocycles. The summed E-state index contributed by atoms with van der Waals surface area (Å²) in [6, 6.07) is 8.22. The molecular formula is C10H14ClN. The van der Waals surface area contributed by atoms with Gasteiger partial charge < -0.3 is 4.90 Å². The molecule has 0 bridgehead atoms. The van der Waals surface area contributed by atoms with Gasteiger partial charge in [0.05, 0.1) is 0 Å². The minimum Gasteiger partial charge on any atom is -0.375 e. The summed E-state index contributed by atoms with van der Waals surface area (Å²) in [5.74, 6) is 0.584. The van der Waals surface area contributed by atoms with Gasteiger partial charge in [-0.1, -0.05) is 18.2 Å². The Hall–Kier alpha value is -0.690. The van der Waals surface area contributed by atoms with Crippen LogP contribution in [0, 0.1) is 0 Å². The standard InChI is InChI=1S/C10H14ClN/c1-3-12(2)10-7-5-4-6-9(10)8-11/h4-7H,3,8H2,1-2H3. The van der Waals surface area contributed by atoms with Crippen LogP contribution in [0.1, 0.15) is 12.5 Å². The fourth-order valence-electron chi connectivity index (χ4n) is 1.17. The number of benzene rings is 1. The molecule has 1 nitrogen and oxygen atoms in total. The van der Waals surface area contributed by atoms with Crippen LogP contribution in [-0.4, -0.2) is 13.6 Å². The Labute approximate surface area is 79.0 Å². The Morgan fingerprint density at radius 1 is 1.33 bits per heavy atom. The molecule has 12 heavy (non-hydrogen) atoms. The average molecular weight is 184 g/mol. The maximum atomic E-state index is 5.81. The van der Waals surface area contributed by atoms with Crippen LogP contribution >= 0.6 is 11.6 Å². The maximum Gasteiger partial charge on any atom is 0.0494 e. The minimum atomic E-state index is 0.584. The number of alkyl halides is 1. The smallest absolute Gasteiger partial charge is 0.0494 e. The predicted octanol–water partition coefficient (Wildman–Crippen LogP) is 2.88. The van der Waals surface area contributed by atoms with Gasteiger partial charge in [-0.15, -0.1) is 11.6 Å². The molecule has 0 aliphatic rings. The van der Waals surface area contributed by atoms with Gasteiger partial charge in [0.15, 0.2) is 0 Å². The SMILES string of the molecule is CCN(C)c1ccccc1CCl. The van der Waals surface area contributed by atoms with Crippen molar-refractivity contribution in [3.63, 3.8) is 0 Å². The van der Waals surface area contributed by atoms with E-state index in [2.05, 4.69) is 31.0 Å². The first-order valence-corrected chi connectivity index (χ1v) is 4.68. The highest BCUT2D eigenvalue weighted by atomic mass is 35.5. The Balaban J connectivity index is 2.96. The summed E-state index contributed by atoms with van der Waals surface area (Å²) < 4.78 is 0. The third kappa shape index (κ3) is 1.92. The van der Waals surface area contributed by atoms with Gasteiger partial charge in [0, 0.05) is 25.2 Å². The van der Waals surface area contributed by atoms with Crippen molar-refractivity contribution in [2.24, 2.45) is 0 Å². The van der Waals surface area contributed by atoms with E-state index in [0.29, 0.717) is 5.88 Å². The molecular weight excluding hydrogens is 170 g/mol. The molecule has 66 valence electrons. The number of rotatable bonds is 3. The van der Waals surface area contributed by atoms with Crippen LogP contribution in [0.5, 0.6) is 0 Å². The predicted molar refractivity (Wildman–Crippen MR) is 54.9 cm³/mol. The monoisotopic (exact) mass is 183 g/mol. The number of nitrogens with zero attached hydrogens (tertiary/aromatic N) is 1. The van der Waals surface area contributed by atoms with Gasteiger partial charge in [-0.25, -0.2) is 0 Å². The number of anilines is 1. The Morgan fingerprint density at radius 3 is 2.58 bits per heavy atom. The van der Waals surface area contributed by atoms with Crippen LogP contribution in [0.15, 0.2) is 24.3 Å². The zero-order valence-electron chi connectivity index (χ0n) is 7.55. The molecule has 0 aliphatic carbocycles. The van der Waals surface area contributed by atoms with Crippen molar-refractivity contribution in [3.05, 3.63) is 29.8 Å². The van der Waals surface area contributed by atoms with Gasteiger partial charge in [0.2, 0.25) is 0 Å². The maximum absolute atomic E-state index is 5.81.